The number of nitrogens with zero attached hydrogens (tertiary/aromatic N) is 1. The summed E-state index contributed by atoms with van der Waals surface area (Å²) in [6.45, 7) is 0.755. The van der Waals surface area contributed by atoms with Crippen molar-refractivity contribution in [3.8, 4) is 10.6 Å². The number of aromatic amines is 1. The Morgan fingerprint density at radius 3 is 3.10 bits per heavy atom. The largest absolute Gasteiger partial charge is 0.392 e. The van der Waals surface area contributed by atoms with Crippen LogP contribution in [0.1, 0.15) is 37.7 Å². The monoisotopic (exact) mass is 291 g/mol. The molecule has 20 heavy (non-hydrogen) atoms. The van der Waals surface area contributed by atoms with Crippen LogP contribution in [0, 0.1) is 0 Å². The third kappa shape index (κ3) is 3.11. The molecule has 0 bridgehead atoms. The molecule has 2 unspecified atom stereocenters. The van der Waals surface area contributed by atoms with E-state index in [1.54, 1.807) is 11.3 Å². The van der Waals surface area contributed by atoms with Gasteiger partial charge in [-0.25, -0.2) is 0 Å². The van der Waals surface area contributed by atoms with E-state index in [1.807, 2.05) is 12.3 Å². The van der Waals surface area contributed by atoms with Crippen LogP contribution in [0.5, 0.6) is 0 Å². The van der Waals surface area contributed by atoms with Gasteiger partial charge in [-0.05, 0) is 24.3 Å². The fourth-order valence-electron chi connectivity index (χ4n) is 2.85. The van der Waals surface area contributed by atoms with Gasteiger partial charge in [0.25, 0.3) is 0 Å². The van der Waals surface area contributed by atoms with Crippen LogP contribution in [-0.4, -0.2) is 27.4 Å². The molecular weight excluding hydrogens is 270 g/mol. The standard InChI is InChI=1S/C15H21N3OS/c19-13-6-3-1-2-5-12(13)16-9-11-10-17-18-15(11)14-7-4-8-20-14/h4,7-8,10,12-13,16,19H,1-3,5-6,9H2,(H,17,18). The van der Waals surface area contributed by atoms with Gasteiger partial charge in [0.05, 0.1) is 22.9 Å². The molecule has 0 aromatic carbocycles. The number of aromatic nitrogens is 2. The second-order valence-corrected chi connectivity index (χ2v) is 6.39. The van der Waals surface area contributed by atoms with Crippen LogP contribution in [0.3, 0.4) is 0 Å². The topological polar surface area (TPSA) is 60.9 Å². The maximum absolute atomic E-state index is 10.1. The molecule has 2 aromatic heterocycles. The third-order valence-corrected chi connectivity index (χ3v) is 4.91. The van der Waals surface area contributed by atoms with Crippen molar-refractivity contribution in [2.45, 2.75) is 50.8 Å². The summed E-state index contributed by atoms with van der Waals surface area (Å²) >= 11 is 1.71. The molecule has 3 N–H and O–H groups in total. The van der Waals surface area contributed by atoms with Crippen LogP contribution in [0.25, 0.3) is 10.6 Å². The van der Waals surface area contributed by atoms with Crippen molar-refractivity contribution in [1.29, 1.82) is 0 Å². The van der Waals surface area contributed by atoms with Crippen LogP contribution in [0.4, 0.5) is 0 Å². The third-order valence-electron chi connectivity index (χ3n) is 4.02. The van der Waals surface area contributed by atoms with Crippen LogP contribution in [-0.2, 0) is 6.54 Å². The number of nitrogens with one attached hydrogen (secondary N) is 2. The summed E-state index contributed by atoms with van der Waals surface area (Å²) in [6.07, 6.45) is 7.24. The van der Waals surface area contributed by atoms with Crippen molar-refractivity contribution >= 4 is 11.3 Å². The van der Waals surface area contributed by atoms with Gasteiger partial charge < -0.3 is 10.4 Å². The van der Waals surface area contributed by atoms with Crippen molar-refractivity contribution in [2.75, 3.05) is 0 Å². The molecule has 2 heterocycles. The second kappa shape index (κ2) is 6.52. The lowest BCUT2D eigenvalue weighted by Gasteiger charge is -2.21. The summed E-state index contributed by atoms with van der Waals surface area (Å²) in [5.74, 6) is 0. The quantitative estimate of drug-likeness (QED) is 0.759. The molecule has 4 nitrogen and oxygen atoms in total. The van der Waals surface area contributed by atoms with E-state index in [9.17, 15) is 5.11 Å². The Kier molecular flexibility index (Phi) is 4.50. The van der Waals surface area contributed by atoms with Gasteiger partial charge in [-0.1, -0.05) is 25.3 Å². The van der Waals surface area contributed by atoms with E-state index in [2.05, 4.69) is 27.0 Å². The zero-order chi connectivity index (χ0) is 13.8. The van der Waals surface area contributed by atoms with E-state index in [0.29, 0.717) is 0 Å². The Bertz CT molecular complexity index is 523. The first-order valence-corrected chi connectivity index (χ1v) is 8.20. The first-order valence-electron chi connectivity index (χ1n) is 7.32. The Labute approximate surface area is 123 Å². The molecule has 0 saturated heterocycles. The van der Waals surface area contributed by atoms with Crippen molar-refractivity contribution in [2.24, 2.45) is 0 Å². The summed E-state index contributed by atoms with van der Waals surface area (Å²) in [5, 5.41) is 23.0. The number of hydrogen-bond donors (Lipinski definition) is 3. The zero-order valence-corrected chi connectivity index (χ0v) is 12.3. The summed E-state index contributed by atoms with van der Waals surface area (Å²) in [4.78, 5) is 1.21. The SMILES string of the molecule is OC1CCCCCC1NCc1cn[nH]c1-c1cccs1. The van der Waals surface area contributed by atoms with Gasteiger partial charge in [0.15, 0.2) is 0 Å². The molecule has 2 atom stereocenters. The number of H-pyrrole nitrogens is 1. The molecule has 5 heteroatoms. The average molecular weight is 291 g/mol. The van der Waals surface area contributed by atoms with Crippen LogP contribution >= 0.6 is 11.3 Å². The number of thiophene rings is 1. The maximum Gasteiger partial charge on any atom is 0.0794 e. The van der Waals surface area contributed by atoms with Gasteiger partial charge in [0, 0.05) is 18.2 Å². The lowest BCUT2D eigenvalue weighted by atomic mass is 10.1. The Balaban J connectivity index is 1.65. The van der Waals surface area contributed by atoms with Crippen molar-refractivity contribution < 1.29 is 5.11 Å². The number of rotatable bonds is 4. The minimum atomic E-state index is -0.213. The maximum atomic E-state index is 10.1. The van der Waals surface area contributed by atoms with Gasteiger partial charge in [-0.15, -0.1) is 11.3 Å². The van der Waals surface area contributed by atoms with Crippen LogP contribution < -0.4 is 5.32 Å². The molecule has 2 aromatic rings. The molecule has 108 valence electrons. The summed E-state index contributed by atoms with van der Waals surface area (Å²) < 4.78 is 0. The second-order valence-electron chi connectivity index (χ2n) is 5.44. The highest BCUT2D eigenvalue weighted by atomic mass is 32.1. The van der Waals surface area contributed by atoms with E-state index >= 15 is 0 Å². The molecule has 3 rings (SSSR count). The average Bonchev–Trinajstić information content (AvgIpc) is 3.08. The van der Waals surface area contributed by atoms with E-state index in [-0.39, 0.29) is 12.1 Å². The normalized spacial score (nSPS) is 23.6. The predicted octanol–water partition coefficient (Wildman–Crippen LogP) is 2.92. The smallest absolute Gasteiger partial charge is 0.0794 e. The van der Waals surface area contributed by atoms with Gasteiger partial charge in [0.1, 0.15) is 0 Å². The highest BCUT2D eigenvalue weighted by molar-refractivity contribution is 7.13. The van der Waals surface area contributed by atoms with Gasteiger partial charge in [-0.3, -0.25) is 5.10 Å². The summed E-state index contributed by atoms with van der Waals surface area (Å²) in [6, 6.07) is 4.36. The minimum Gasteiger partial charge on any atom is -0.392 e. The molecule has 0 amide bonds. The Morgan fingerprint density at radius 1 is 1.35 bits per heavy atom. The fourth-order valence-corrected chi connectivity index (χ4v) is 3.60. The van der Waals surface area contributed by atoms with Crippen LogP contribution in [0.2, 0.25) is 0 Å². The lowest BCUT2D eigenvalue weighted by Crippen LogP contribution is -2.38. The predicted molar refractivity (Wildman–Crippen MR) is 81.6 cm³/mol. The molecule has 1 fully saturated rings. The van der Waals surface area contributed by atoms with E-state index in [0.717, 1.165) is 31.5 Å². The van der Waals surface area contributed by atoms with E-state index < -0.39 is 0 Å². The molecule has 1 aliphatic carbocycles. The lowest BCUT2D eigenvalue weighted by molar-refractivity contribution is 0.119. The minimum absolute atomic E-state index is 0.212. The molecule has 1 saturated carbocycles. The first kappa shape index (κ1) is 13.8. The van der Waals surface area contributed by atoms with Gasteiger partial charge >= 0.3 is 0 Å². The highest BCUT2D eigenvalue weighted by Crippen LogP contribution is 2.26. The molecule has 0 spiro atoms. The van der Waals surface area contributed by atoms with Gasteiger partial charge in [-0.2, -0.15) is 5.10 Å². The summed E-state index contributed by atoms with van der Waals surface area (Å²) in [7, 11) is 0. The molecular formula is C15H21N3OS. The zero-order valence-electron chi connectivity index (χ0n) is 11.5. The van der Waals surface area contributed by atoms with Crippen molar-refractivity contribution in [1.82, 2.24) is 15.5 Å². The number of aliphatic hydroxyl groups excluding tert-OH is 1. The summed E-state index contributed by atoms with van der Waals surface area (Å²) in [5.41, 5.74) is 2.26. The molecule has 0 radical (unpaired) electrons. The number of hydrogen-bond acceptors (Lipinski definition) is 4. The fraction of sp³-hybridized carbons (Fsp3) is 0.533. The van der Waals surface area contributed by atoms with E-state index in [1.165, 1.54) is 23.3 Å². The van der Waals surface area contributed by atoms with E-state index in [4.69, 9.17) is 0 Å². The van der Waals surface area contributed by atoms with Gasteiger partial charge in [0.2, 0.25) is 0 Å². The number of aliphatic hydroxyl groups is 1. The Morgan fingerprint density at radius 2 is 2.25 bits per heavy atom. The molecule has 0 aliphatic heterocycles. The molecule has 1 aliphatic rings. The van der Waals surface area contributed by atoms with Crippen LogP contribution in [0.15, 0.2) is 23.7 Å². The van der Waals surface area contributed by atoms with Crippen molar-refractivity contribution in [3.63, 3.8) is 0 Å². The first-order chi connectivity index (χ1) is 9.84. The highest BCUT2D eigenvalue weighted by Gasteiger charge is 2.21. The van der Waals surface area contributed by atoms with Crippen molar-refractivity contribution in [3.05, 3.63) is 29.3 Å². The Hall–Kier alpha value is -1.17.